The molecule has 19 heavy (non-hydrogen) atoms. The number of rotatable bonds is 5. The SMILES string of the molecule is COc1cccc(-c2nc(OCC(=O)O)nn2C)c1. The van der Waals surface area contributed by atoms with E-state index in [1.807, 2.05) is 24.3 Å². The number of benzene rings is 1. The van der Waals surface area contributed by atoms with Crippen LogP contribution in [0.2, 0.25) is 0 Å². The van der Waals surface area contributed by atoms with Crippen molar-refractivity contribution in [1.29, 1.82) is 0 Å². The van der Waals surface area contributed by atoms with Gasteiger partial charge in [-0.1, -0.05) is 12.1 Å². The lowest BCUT2D eigenvalue weighted by molar-refractivity contribution is -0.139. The fourth-order valence-corrected chi connectivity index (χ4v) is 1.56. The Kier molecular flexibility index (Phi) is 3.65. The fourth-order valence-electron chi connectivity index (χ4n) is 1.56. The second-order valence-corrected chi connectivity index (χ2v) is 3.76. The average Bonchev–Trinajstić information content (AvgIpc) is 2.78. The molecular formula is C12H13N3O4. The van der Waals surface area contributed by atoms with Crippen molar-refractivity contribution in [3.63, 3.8) is 0 Å². The predicted octanol–water partition coefficient (Wildman–Crippen LogP) is 0.954. The van der Waals surface area contributed by atoms with Gasteiger partial charge in [-0.3, -0.25) is 0 Å². The Balaban J connectivity index is 2.26. The molecule has 2 aromatic rings. The number of nitrogens with zero attached hydrogens (tertiary/aromatic N) is 3. The van der Waals surface area contributed by atoms with Crippen molar-refractivity contribution in [2.24, 2.45) is 7.05 Å². The van der Waals surface area contributed by atoms with Crippen molar-refractivity contribution < 1.29 is 19.4 Å². The minimum absolute atomic E-state index is 0.0303. The highest BCUT2D eigenvalue weighted by Crippen LogP contribution is 2.23. The fraction of sp³-hybridized carbons (Fsp3) is 0.250. The van der Waals surface area contributed by atoms with E-state index in [1.165, 1.54) is 4.68 Å². The Morgan fingerprint density at radius 2 is 2.26 bits per heavy atom. The van der Waals surface area contributed by atoms with Gasteiger partial charge in [0.05, 0.1) is 7.11 Å². The van der Waals surface area contributed by atoms with Crippen molar-refractivity contribution in [1.82, 2.24) is 14.8 Å². The summed E-state index contributed by atoms with van der Waals surface area (Å²) in [5.74, 6) is 0.197. The molecule has 0 aliphatic carbocycles. The maximum absolute atomic E-state index is 10.4. The molecule has 0 saturated carbocycles. The second kappa shape index (κ2) is 5.38. The van der Waals surface area contributed by atoms with Gasteiger partial charge in [0.25, 0.3) is 0 Å². The first-order chi connectivity index (χ1) is 9.10. The van der Waals surface area contributed by atoms with Crippen LogP contribution in [0.3, 0.4) is 0 Å². The first-order valence-corrected chi connectivity index (χ1v) is 5.50. The lowest BCUT2D eigenvalue weighted by atomic mass is 10.2. The molecule has 7 heteroatoms. The molecule has 0 aliphatic heterocycles. The van der Waals surface area contributed by atoms with Gasteiger partial charge in [0.1, 0.15) is 5.75 Å². The lowest BCUT2D eigenvalue weighted by Gasteiger charge is -2.02. The Morgan fingerprint density at radius 3 is 2.95 bits per heavy atom. The van der Waals surface area contributed by atoms with E-state index < -0.39 is 12.6 Å². The molecule has 0 fully saturated rings. The number of aromatic nitrogens is 3. The number of methoxy groups -OCH3 is 1. The highest BCUT2D eigenvalue weighted by atomic mass is 16.5. The average molecular weight is 263 g/mol. The number of hydrogen-bond acceptors (Lipinski definition) is 5. The van der Waals surface area contributed by atoms with Gasteiger partial charge in [0, 0.05) is 12.6 Å². The molecular weight excluding hydrogens is 250 g/mol. The topological polar surface area (TPSA) is 86.5 Å². The van der Waals surface area contributed by atoms with Crippen LogP contribution in [0.4, 0.5) is 0 Å². The molecule has 0 atom stereocenters. The molecule has 0 radical (unpaired) electrons. The molecule has 1 aromatic heterocycles. The largest absolute Gasteiger partial charge is 0.497 e. The highest BCUT2D eigenvalue weighted by molar-refractivity contribution is 5.68. The van der Waals surface area contributed by atoms with Crippen molar-refractivity contribution in [2.45, 2.75) is 0 Å². The van der Waals surface area contributed by atoms with Crippen LogP contribution in [-0.4, -0.2) is 39.6 Å². The maximum atomic E-state index is 10.4. The van der Waals surface area contributed by atoms with Crippen LogP contribution in [0, 0.1) is 0 Å². The number of ether oxygens (including phenoxy) is 2. The van der Waals surface area contributed by atoms with Crippen molar-refractivity contribution in [3.05, 3.63) is 24.3 Å². The van der Waals surface area contributed by atoms with E-state index in [2.05, 4.69) is 10.1 Å². The number of aliphatic carboxylic acids is 1. The number of carboxylic acid groups (broad SMARTS) is 1. The van der Waals surface area contributed by atoms with E-state index in [0.29, 0.717) is 11.6 Å². The summed E-state index contributed by atoms with van der Waals surface area (Å²) in [5.41, 5.74) is 0.805. The summed E-state index contributed by atoms with van der Waals surface area (Å²) in [4.78, 5) is 14.6. The monoisotopic (exact) mass is 263 g/mol. The Labute approximate surface area is 109 Å². The standard InChI is InChI=1S/C12H13N3O4/c1-15-11(8-4-3-5-9(6-8)18-2)13-12(14-15)19-7-10(16)17/h3-6H,7H2,1-2H3,(H,16,17). The number of aryl methyl sites for hydroxylation is 1. The Morgan fingerprint density at radius 1 is 1.47 bits per heavy atom. The van der Waals surface area contributed by atoms with Gasteiger partial charge in [-0.15, -0.1) is 5.10 Å². The van der Waals surface area contributed by atoms with E-state index in [1.54, 1.807) is 14.2 Å². The molecule has 1 heterocycles. The summed E-state index contributed by atoms with van der Waals surface area (Å²) in [6.07, 6.45) is 0. The quantitative estimate of drug-likeness (QED) is 0.864. The zero-order chi connectivity index (χ0) is 13.8. The summed E-state index contributed by atoms with van der Waals surface area (Å²) >= 11 is 0. The van der Waals surface area contributed by atoms with Gasteiger partial charge in [0.2, 0.25) is 0 Å². The third-order valence-corrected chi connectivity index (χ3v) is 2.40. The summed E-state index contributed by atoms with van der Waals surface area (Å²) in [7, 11) is 3.28. The van der Waals surface area contributed by atoms with Crippen LogP contribution in [0.1, 0.15) is 0 Å². The molecule has 0 amide bonds. The molecule has 0 saturated heterocycles. The predicted molar refractivity (Wildman–Crippen MR) is 66.1 cm³/mol. The van der Waals surface area contributed by atoms with Gasteiger partial charge in [-0.05, 0) is 12.1 Å². The molecule has 7 nitrogen and oxygen atoms in total. The van der Waals surface area contributed by atoms with E-state index in [0.717, 1.165) is 5.56 Å². The molecule has 1 aromatic carbocycles. The van der Waals surface area contributed by atoms with Crippen molar-refractivity contribution >= 4 is 5.97 Å². The highest BCUT2D eigenvalue weighted by Gasteiger charge is 2.12. The van der Waals surface area contributed by atoms with E-state index in [-0.39, 0.29) is 6.01 Å². The van der Waals surface area contributed by atoms with Gasteiger partial charge in [-0.2, -0.15) is 4.98 Å². The number of hydrogen-bond donors (Lipinski definition) is 1. The molecule has 2 rings (SSSR count). The molecule has 0 spiro atoms. The van der Waals surface area contributed by atoms with Crippen molar-refractivity contribution in [3.8, 4) is 23.1 Å². The van der Waals surface area contributed by atoms with Gasteiger partial charge in [-0.25, -0.2) is 9.48 Å². The summed E-state index contributed by atoms with van der Waals surface area (Å²) in [6, 6.07) is 7.35. The van der Waals surface area contributed by atoms with Crippen molar-refractivity contribution in [2.75, 3.05) is 13.7 Å². The molecule has 0 unspecified atom stereocenters. The van der Waals surface area contributed by atoms with E-state index >= 15 is 0 Å². The maximum Gasteiger partial charge on any atom is 0.341 e. The van der Waals surface area contributed by atoms with Crippen LogP contribution in [-0.2, 0) is 11.8 Å². The van der Waals surface area contributed by atoms with E-state index in [9.17, 15) is 4.79 Å². The van der Waals surface area contributed by atoms with Crippen LogP contribution in [0.25, 0.3) is 11.4 Å². The number of carbonyl (C=O) groups is 1. The minimum Gasteiger partial charge on any atom is -0.497 e. The third-order valence-electron chi connectivity index (χ3n) is 2.40. The first-order valence-electron chi connectivity index (χ1n) is 5.50. The zero-order valence-electron chi connectivity index (χ0n) is 10.5. The molecule has 0 bridgehead atoms. The minimum atomic E-state index is -1.07. The van der Waals surface area contributed by atoms with Crippen LogP contribution in [0.15, 0.2) is 24.3 Å². The number of carboxylic acids is 1. The summed E-state index contributed by atoms with van der Waals surface area (Å²) < 4.78 is 11.6. The van der Waals surface area contributed by atoms with Crippen LogP contribution >= 0.6 is 0 Å². The first kappa shape index (κ1) is 12.9. The lowest BCUT2D eigenvalue weighted by Crippen LogP contribution is -2.10. The summed E-state index contributed by atoms with van der Waals surface area (Å²) in [6.45, 7) is -0.471. The Bertz CT molecular complexity index is 594. The van der Waals surface area contributed by atoms with Crippen LogP contribution in [0.5, 0.6) is 11.8 Å². The second-order valence-electron chi connectivity index (χ2n) is 3.76. The van der Waals surface area contributed by atoms with Gasteiger partial charge >= 0.3 is 12.0 Å². The van der Waals surface area contributed by atoms with Crippen LogP contribution < -0.4 is 9.47 Å². The third kappa shape index (κ3) is 3.01. The summed E-state index contributed by atoms with van der Waals surface area (Å²) in [5, 5.41) is 12.5. The normalized spacial score (nSPS) is 10.2. The van der Waals surface area contributed by atoms with E-state index in [4.69, 9.17) is 14.6 Å². The van der Waals surface area contributed by atoms with Gasteiger partial charge in [0.15, 0.2) is 12.4 Å². The molecule has 100 valence electrons. The zero-order valence-corrected chi connectivity index (χ0v) is 10.5. The molecule has 0 aliphatic rings. The smallest absolute Gasteiger partial charge is 0.341 e. The molecule has 1 N–H and O–H groups in total. The van der Waals surface area contributed by atoms with Gasteiger partial charge < -0.3 is 14.6 Å². The Hall–Kier alpha value is -2.57.